The van der Waals surface area contributed by atoms with E-state index in [1.165, 1.54) is 44.9 Å². The highest BCUT2D eigenvalue weighted by atomic mass is 79.9. The van der Waals surface area contributed by atoms with E-state index in [1.54, 1.807) is 0 Å². The van der Waals surface area contributed by atoms with Gasteiger partial charge in [0.1, 0.15) is 0 Å². The van der Waals surface area contributed by atoms with Crippen molar-refractivity contribution in [3.05, 3.63) is 0 Å². The third kappa shape index (κ3) is 1.39. The van der Waals surface area contributed by atoms with E-state index < -0.39 is 0 Å². The zero-order valence-electron chi connectivity index (χ0n) is 13.7. The van der Waals surface area contributed by atoms with Crippen molar-refractivity contribution in [2.45, 2.75) is 81.6 Å². The Hall–Kier alpha value is 0.400. The second kappa shape index (κ2) is 3.80. The standard InChI is InChI=1S/C19H27BrO2/c1-17-9-15-14(21-15)7-10(17)3-4-11-12(17)5-6-18(2)13(11)8-16-19(18,20)22-16/h10-16H,3-9H2,1-2H3/t10-,11+,12-,13-,14-,15+,16+,17-,18-,19+/m0/s1. The maximum Gasteiger partial charge on any atom is 0.154 e. The van der Waals surface area contributed by atoms with Crippen molar-refractivity contribution < 1.29 is 9.47 Å². The van der Waals surface area contributed by atoms with E-state index in [0.717, 1.165) is 23.7 Å². The van der Waals surface area contributed by atoms with Gasteiger partial charge in [-0.2, -0.15) is 0 Å². The van der Waals surface area contributed by atoms with Crippen LogP contribution in [0.5, 0.6) is 0 Å². The van der Waals surface area contributed by atoms with Crippen LogP contribution in [0.3, 0.4) is 0 Å². The summed E-state index contributed by atoms with van der Waals surface area (Å²) in [6.07, 6.45) is 11.5. The molecule has 4 aliphatic carbocycles. The summed E-state index contributed by atoms with van der Waals surface area (Å²) >= 11 is 3.99. The third-order valence-corrected chi connectivity index (χ3v) is 10.8. The quantitative estimate of drug-likeness (QED) is 0.465. The summed E-state index contributed by atoms with van der Waals surface area (Å²) < 4.78 is 12.0. The SMILES string of the molecule is C[C@]12C[C@H]3O[C@H]3C[C@@H]1CC[C@@H]1[C@@H]2CC[C@@]2(C)[C@H]1C[C@H]1O[C@]12Br. The van der Waals surface area contributed by atoms with Gasteiger partial charge >= 0.3 is 0 Å². The Bertz CT molecular complexity index is 552. The number of hydrogen-bond acceptors (Lipinski definition) is 2. The van der Waals surface area contributed by atoms with E-state index >= 15 is 0 Å². The molecule has 6 fully saturated rings. The first-order valence-electron chi connectivity index (χ1n) is 9.48. The van der Waals surface area contributed by atoms with Crippen LogP contribution in [0, 0.1) is 34.5 Å². The normalized spacial score (nSPS) is 70.8. The second-order valence-electron chi connectivity index (χ2n) is 9.75. The molecule has 0 aromatic carbocycles. The molecule has 6 rings (SSSR count). The number of alkyl halides is 1. The molecule has 0 amide bonds. The lowest BCUT2D eigenvalue weighted by Crippen LogP contribution is -2.54. The van der Waals surface area contributed by atoms with Gasteiger partial charge in [-0.25, -0.2) is 0 Å². The fraction of sp³-hybridized carbons (Fsp3) is 1.00. The van der Waals surface area contributed by atoms with Gasteiger partial charge in [-0.1, -0.05) is 29.8 Å². The van der Waals surface area contributed by atoms with Gasteiger partial charge in [-0.3, -0.25) is 0 Å². The third-order valence-electron chi connectivity index (χ3n) is 9.22. The molecule has 2 aliphatic heterocycles. The minimum Gasteiger partial charge on any atom is -0.370 e. The number of halogens is 1. The van der Waals surface area contributed by atoms with Crippen molar-refractivity contribution >= 4 is 15.9 Å². The highest BCUT2D eigenvalue weighted by Crippen LogP contribution is 2.75. The van der Waals surface area contributed by atoms with Crippen LogP contribution in [-0.2, 0) is 9.47 Å². The fourth-order valence-corrected chi connectivity index (χ4v) is 8.71. The van der Waals surface area contributed by atoms with Gasteiger partial charge in [0.15, 0.2) is 4.51 Å². The average molecular weight is 367 g/mol. The number of ether oxygens (including phenoxy) is 2. The van der Waals surface area contributed by atoms with Crippen LogP contribution in [-0.4, -0.2) is 22.8 Å². The summed E-state index contributed by atoms with van der Waals surface area (Å²) in [5.41, 5.74) is 0.949. The van der Waals surface area contributed by atoms with Gasteiger partial charge in [0.25, 0.3) is 0 Å². The Balaban J connectivity index is 1.36. The van der Waals surface area contributed by atoms with E-state index in [9.17, 15) is 0 Å². The Labute approximate surface area is 141 Å². The van der Waals surface area contributed by atoms with Gasteiger partial charge in [-0.05, 0) is 74.0 Å². The molecule has 4 saturated carbocycles. The highest BCUT2D eigenvalue weighted by molar-refractivity contribution is 9.10. The number of fused-ring (bicyclic) bond motifs is 8. The summed E-state index contributed by atoms with van der Waals surface area (Å²) in [6.45, 7) is 5.15. The molecule has 0 aromatic rings. The molecule has 0 spiro atoms. The molecule has 6 aliphatic rings. The minimum absolute atomic E-state index is 0.0463. The van der Waals surface area contributed by atoms with Gasteiger partial charge in [-0.15, -0.1) is 0 Å². The summed E-state index contributed by atoms with van der Waals surface area (Å²) in [5, 5.41) is 0. The lowest BCUT2D eigenvalue weighted by molar-refractivity contribution is -0.116. The smallest absolute Gasteiger partial charge is 0.154 e. The van der Waals surface area contributed by atoms with Crippen LogP contribution in [0.15, 0.2) is 0 Å². The van der Waals surface area contributed by atoms with Crippen molar-refractivity contribution in [3.8, 4) is 0 Å². The molecule has 0 radical (unpaired) electrons. The fourth-order valence-electron chi connectivity index (χ4n) is 7.80. The van der Waals surface area contributed by atoms with E-state index in [2.05, 4.69) is 29.8 Å². The van der Waals surface area contributed by atoms with Crippen LogP contribution in [0.1, 0.15) is 58.8 Å². The first-order valence-corrected chi connectivity index (χ1v) is 10.3. The van der Waals surface area contributed by atoms with Gasteiger partial charge in [0.2, 0.25) is 0 Å². The summed E-state index contributed by atoms with van der Waals surface area (Å²) in [7, 11) is 0. The molecule has 2 saturated heterocycles. The van der Waals surface area contributed by atoms with Gasteiger partial charge in [0, 0.05) is 5.41 Å². The molecule has 3 heteroatoms. The molecule has 2 heterocycles. The zero-order valence-corrected chi connectivity index (χ0v) is 15.3. The average Bonchev–Trinajstić information content (AvgIpc) is 3.34. The Kier molecular flexibility index (Phi) is 2.36. The summed E-state index contributed by atoms with van der Waals surface area (Å²) in [4.78, 5) is 0. The molecule has 0 N–H and O–H groups in total. The van der Waals surface area contributed by atoms with Crippen LogP contribution in [0.2, 0.25) is 0 Å². The number of epoxide rings is 2. The monoisotopic (exact) mass is 366 g/mol. The highest BCUT2D eigenvalue weighted by Gasteiger charge is 2.76. The summed E-state index contributed by atoms with van der Waals surface area (Å²) in [6, 6.07) is 0. The van der Waals surface area contributed by atoms with E-state index in [0.29, 0.717) is 29.1 Å². The Morgan fingerprint density at radius 3 is 2.73 bits per heavy atom. The first kappa shape index (κ1) is 13.7. The Morgan fingerprint density at radius 1 is 1.00 bits per heavy atom. The van der Waals surface area contributed by atoms with Crippen molar-refractivity contribution in [2.24, 2.45) is 34.5 Å². The first-order chi connectivity index (χ1) is 10.5. The van der Waals surface area contributed by atoms with Crippen LogP contribution in [0.25, 0.3) is 0 Å². The van der Waals surface area contributed by atoms with Crippen LogP contribution < -0.4 is 0 Å². The predicted octanol–water partition coefficient (Wildman–Crippen LogP) is 4.51. The van der Waals surface area contributed by atoms with Crippen molar-refractivity contribution in [1.29, 1.82) is 0 Å². The molecule has 10 atom stereocenters. The van der Waals surface area contributed by atoms with Crippen molar-refractivity contribution in [3.63, 3.8) is 0 Å². The predicted molar refractivity (Wildman–Crippen MR) is 87.7 cm³/mol. The van der Waals surface area contributed by atoms with E-state index in [4.69, 9.17) is 9.47 Å². The van der Waals surface area contributed by atoms with Crippen LogP contribution in [0.4, 0.5) is 0 Å². The van der Waals surface area contributed by atoms with Crippen molar-refractivity contribution in [2.75, 3.05) is 0 Å². The van der Waals surface area contributed by atoms with E-state index in [1.807, 2.05) is 0 Å². The Morgan fingerprint density at radius 2 is 1.86 bits per heavy atom. The molecule has 0 aromatic heterocycles. The lowest BCUT2D eigenvalue weighted by Gasteiger charge is -2.60. The molecule has 2 nitrogen and oxygen atoms in total. The molecular weight excluding hydrogens is 340 g/mol. The zero-order chi connectivity index (χ0) is 14.9. The molecule has 122 valence electrons. The molecular formula is C19H27BrO2. The molecule has 0 bridgehead atoms. The van der Waals surface area contributed by atoms with Gasteiger partial charge in [0.05, 0.1) is 18.3 Å². The lowest BCUT2D eigenvalue weighted by atomic mass is 9.45. The van der Waals surface area contributed by atoms with Crippen LogP contribution >= 0.6 is 15.9 Å². The molecule has 22 heavy (non-hydrogen) atoms. The number of hydrogen-bond donors (Lipinski definition) is 0. The number of rotatable bonds is 0. The topological polar surface area (TPSA) is 25.1 Å². The van der Waals surface area contributed by atoms with Crippen molar-refractivity contribution in [1.82, 2.24) is 0 Å². The largest absolute Gasteiger partial charge is 0.370 e. The maximum absolute atomic E-state index is 6.04. The molecule has 0 unspecified atom stereocenters. The van der Waals surface area contributed by atoms with Gasteiger partial charge < -0.3 is 9.47 Å². The second-order valence-corrected chi connectivity index (χ2v) is 10.9. The van der Waals surface area contributed by atoms with E-state index in [-0.39, 0.29) is 4.51 Å². The maximum atomic E-state index is 6.04. The summed E-state index contributed by atoms with van der Waals surface area (Å²) in [5.74, 6) is 3.72. The minimum atomic E-state index is 0.0463.